The van der Waals surface area contributed by atoms with Gasteiger partial charge in [0.25, 0.3) is 0 Å². The molecule has 7 nitrogen and oxygen atoms in total. The normalized spacial score (nSPS) is 11.3. The Morgan fingerprint density at radius 1 is 0.886 bits per heavy atom. The molecular formula is C28H25NO6. The van der Waals surface area contributed by atoms with Gasteiger partial charge in [0.15, 0.2) is 0 Å². The van der Waals surface area contributed by atoms with Gasteiger partial charge in [-0.15, -0.1) is 0 Å². The molecule has 0 spiro atoms. The molecule has 1 heterocycles. The van der Waals surface area contributed by atoms with Gasteiger partial charge in [-0.05, 0) is 48.9 Å². The second-order valence-electron chi connectivity index (χ2n) is 7.78. The zero-order chi connectivity index (χ0) is 24.9. The molecule has 0 saturated carbocycles. The van der Waals surface area contributed by atoms with E-state index in [1.54, 1.807) is 44.7 Å². The zero-order valence-corrected chi connectivity index (χ0v) is 19.9. The summed E-state index contributed by atoms with van der Waals surface area (Å²) in [5, 5.41) is 3.68. The second-order valence-corrected chi connectivity index (χ2v) is 7.78. The molecule has 0 aliphatic rings. The topological polar surface area (TPSA) is 87.0 Å². The summed E-state index contributed by atoms with van der Waals surface area (Å²) in [5.41, 5.74) is 4.87. The van der Waals surface area contributed by atoms with Crippen LogP contribution in [0, 0.1) is 0 Å². The fraction of sp³-hybridized carbons (Fsp3) is 0.143. The number of rotatable bonds is 7. The maximum absolute atomic E-state index is 12.7. The Labute approximate surface area is 202 Å². The molecule has 35 heavy (non-hydrogen) atoms. The average Bonchev–Trinajstić information content (AvgIpc) is 3.30. The van der Waals surface area contributed by atoms with Crippen LogP contribution in [0.15, 0.2) is 77.4 Å². The Bertz CT molecular complexity index is 1420. The molecule has 0 radical (unpaired) electrons. The lowest BCUT2D eigenvalue weighted by atomic mass is 9.98. The van der Waals surface area contributed by atoms with Gasteiger partial charge in [-0.1, -0.05) is 18.2 Å². The highest BCUT2D eigenvalue weighted by Crippen LogP contribution is 2.40. The number of hydrogen-bond acceptors (Lipinski definition) is 6. The molecule has 4 rings (SSSR count). The Kier molecular flexibility index (Phi) is 6.87. The summed E-state index contributed by atoms with van der Waals surface area (Å²) in [6.45, 7) is 1.84. The van der Waals surface area contributed by atoms with Crippen LogP contribution in [-0.2, 0) is 9.53 Å². The SMILES string of the molecule is COC(=O)c1ccc(NC(=O)/C=C(\C)c2cc3c(-c4ccccc4OC)coc3cc2OC)cc1. The smallest absolute Gasteiger partial charge is 0.337 e. The van der Waals surface area contributed by atoms with Gasteiger partial charge < -0.3 is 23.9 Å². The van der Waals surface area contributed by atoms with Crippen LogP contribution < -0.4 is 14.8 Å². The number of amides is 1. The minimum Gasteiger partial charge on any atom is -0.496 e. The van der Waals surface area contributed by atoms with Crippen molar-refractivity contribution in [3.05, 3.63) is 84.1 Å². The first kappa shape index (κ1) is 23.6. The number of hydrogen-bond donors (Lipinski definition) is 1. The number of para-hydroxylation sites is 1. The van der Waals surface area contributed by atoms with Crippen molar-refractivity contribution in [1.29, 1.82) is 0 Å². The van der Waals surface area contributed by atoms with Crippen molar-refractivity contribution in [1.82, 2.24) is 0 Å². The van der Waals surface area contributed by atoms with E-state index in [9.17, 15) is 9.59 Å². The highest BCUT2D eigenvalue weighted by molar-refractivity contribution is 6.05. The highest BCUT2D eigenvalue weighted by atomic mass is 16.5. The van der Waals surface area contributed by atoms with E-state index in [1.807, 2.05) is 43.3 Å². The molecule has 0 saturated heterocycles. The quantitative estimate of drug-likeness (QED) is 0.265. The second kappa shape index (κ2) is 10.2. The molecule has 1 N–H and O–H groups in total. The van der Waals surface area contributed by atoms with Crippen LogP contribution >= 0.6 is 0 Å². The van der Waals surface area contributed by atoms with Gasteiger partial charge >= 0.3 is 5.97 Å². The number of furan rings is 1. The molecule has 178 valence electrons. The van der Waals surface area contributed by atoms with E-state index in [0.29, 0.717) is 28.2 Å². The van der Waals surface area contributed by atoms with Crippen LogP contribution in [0.2, 0.25) is 0 Å². The third kappa shape index (κ3) is 4.89. The van der Waals surface area contributed by atoms with Crippen molar-refractivity contribution >= 4 is 34.1 Å². The van der Waals surface area contributed by atoms with Crippen LogP contribution in [0.5, 0.6) is 11.5 Å². The van der Waals surface area contributed by atoms with Gasteiger partial charge in [0.05, 0.1) is 33.2 Å². The average molecular weight is 472 g/mol. The fourth-order valence-electron chi connectivity index (χ4n) is 3.87. The van der Waals surface area contributed by atoms with Gasteiger partial charge in [-0.3, -0.25) is 4.79 Å². The van der Waals surface area contributed by atoms with Crippen LogP contribution in [0.1, 0.15) is 22.8 Å². The van der Waals surface area contributed by atoms with Crippen molar-refractivity contribution in [2.75, 3.05) is 26.6 Å². The molecule has 7 heteroatoms. The van der Waals surface area contributed by atoms with Crippen LogP contribution in [0.3, 0.4) is 0 Å². The molecule has 3 aromatic carbocycles. The number of nitrogens with one attached hydrogen (secondary N) is 1. The number of carbonyl (C=O) groups is 2. The first-order valence-electron chi connectivity index (χ1n) is 10.9. The summed E-state index contributed by atoms with van der Waals surface area (Å²) in [4.78, 5) is 24.3. The lowest BCUT2D eigenvalue weighted by molar-refractivity contribution is -0.111. The summed E-state index contributed by atoms with van der Waals surface area (Å²) in [7, 11) is 4.52. The Morgan fingerprint density at radius 3 is 2.29 bits per heavy atom. The molecule has 0 aliphatic heterocycles. The van der Waals surface area contributed by atoms with E-state index in [2.05, 4.69) is 5.32 Å². The van der Waals surface area contributed by atoms with E-state index < -0.39 is 5.97 Å². The number of methoxy groups -OCH3 is 3. The molecule has 4 aromatic rings. The molecule has 0 atom stereocenters. The van der Waals surface area contributed by atoms with E-state index in [-0.39, 0.29) is 5.91 Å². The molecule has 0 bridgehead atoms. The number of carbonyl (C=O) groups excluding carboxylic acids is 2. The van der Waals surface area contributed by atoms with Crippen LogP contribution in [-0.4, -0.2) is 33.2 Å². The third-order valence-electron chi connectivity index (χ3n) is 5.64. The maximum Gasteiger partial charge on any atom is 0.337 e. The number of allylic oxidation sites excluding steroid dienone is 1. The van der Waals surface area contributed by atoms with Crippen molar-refractivity contribution in [3.8, 4) is 22.6 Å². The van der Waals surface area contributed by atoms with E-state index >= 15 is 0 Å². The molecular weight excluding hydrogens is 446 g/mol. The number of fused-ring (bicyclic) bond motifs is 1. The number of esters is 1. The predicted octanol–water partition coefficient (Wildman–Crippen LogP) is 5.95. The highest BCUT2D eigenvalue weighted by Gasteiger charge is 2.17. The number of benzene rings is 3. The predicted molar refractivity (Wildman–Crippen MR) is 135 cm³/mol. The van der Waals surface area contributed by atoms with E-state index in [4.69, 9.17) is 18.6 Å². The maximum atomic E-state index is 12.7. The lowest BCUT2D eigenvalue weighted by Gasteiger charge is -2.11. The van der Waals surface area contributed by atoms with Crippen molar-refractivity contribution < 1.29 is 28.2 Å². The molecule has 0 fully saturated rings. The molecule has 1 amide bonds. The first-order valence-corrected chi connectivity index (χ1v) is 10.9. The summed E-state index contributed by atoms with van der Waals surface area (Å²) in [6.07, 6.45) is 3.19. The minimum absolute atomic E-state index is 0.312. The fourth-order valence-corrected chi connectivity index (χ4v) is 3.87. The minimum atomic E-state index is -0.437. The van der Waals surface area contributed by atoms with Crippen molar-refractivity contribution in [2.45, 2.75) is 6.92 Å². The van der Waals surface area contributed by atoms with Gasteiger partial charge in [0.2, 0.25) is 5.91 Å². The van der Waals surface area contributed by atoms with Crippen molar-refractivity contribution in [3.63, 3.8) is 0 Å². The van der Waals surface area contributed by atoms with Gasteiger partial charge in [-0.25, -0.2) is 4.79 Å². The third-order valence-corrected chi connectivity index (χ3v) is 5.64. The Balaban J connectivity index is 1.66. The Morgan fingerprint density at radius 2 is 1.60 bits per heavy atom. The monoisotopic (exact) mass is 471 g/mol. The van der Waals surface area contributed by atoms with Gasteiger partial charge in [0.1, 0.15) is 17.1 Å². The van der Waals surface area contributed by atoms with Gasteiger partial charge in [0, 0.05) is 39.9 Å². The largest absolute Gasteiger partial charge is 0.496 e. The standard InChI is InChI=1S/C28H25NO6/c1-17(13-27(30)29-19-11-9-18(10-12-19)28(31)34-4)21-14-22-23(16-35-26(22)15-25(21)33-3)20-7-5-6-8-24(20)32-2/h5-16H,1-4H3,(H,29,30)/b17-13+. The summed E-state index contributed by atoms with van der Waals surface area (Å²) in [6, 6.07) is 17.9. The van der Waals surface area contributed by atoms with Crippen molar-refractivity contribution in [2.24, 2.45) is 0 Å². The lowest BCUT2D eigenvalue weighted by Crippen LogP contribution is -2.09. The Hall–Kier alpha value is -4.52. The summed E-state index contributed by atoms with van der Waals surface area (Å²) < 4.78 is 21.6. The van der Waals surface area contributed by atoms with Crippen LogP contribution in [0.4, 0.5) is 5.69 Å². The molecule has 1 aromatic heterocycles. The molecule has 0 aliphatic carbocycles. The summed E-state index contributed by atoms with van der Waals surface area (Å²) >= 11 is 0. The zero-order valence-electron chi connectivity index (χ0n) is 19.9. The van der Waals surface area contributed by atoms with E-state index in [1.165, 1.54) is 13.2 Å². The van der Waals surface area contributed by atoms with Crippen LogP contribution in [0.25, 0.3) is 27.7 Å². The number of ether oxygens (including phenoxy) is 3. The van der Waals surface area contributed by atoms with E-state index in [0.717, 1.165) is 27.8 Å². The summed E-state index contributed by atoms with van der Waals surface area (Å²) in [5.74, 6) is 0.570. The first-order chi connectivity index (χ1) is 16.9. The molecule has 0 unspecified atom stereocenters. The number of anilines is 1. The van der Waals surface area contributed by atoms with Gasteiger partial charge in [-0.2, -0.15) is 0 Å².